The van der Waals surface area contributed by atoms with Gasteiger partial charge in [0, 0.05) is 18.2 Å². The third kappa shape index (κ3) is 8.27. The molecule has 190 valence electrons. The second-order valence-corrected chi connectivity index (χ2v) is 10.00. The van der Waals surface area contributed by atoms with Gasteiger partial charge in [-0.2, -0.15) is 0 Å². The van der Waals surface area contributed by atoms with E-state index in [0.29, 0.717) is 23.6 Å². The Morgan fingerprint density at radius 2 is 1.91 bits per heavy atom. The first-order chi connectivity index (χ1) is 16.7. The van der Waals surface area contributed by atoms with Gasteiger partial charge in [-0.1, -0.05) is 30.3 Å². The van der Waals surface area contributed by atoms with E-state index in [2.05, 4.69) is 43.4 Å². The maximum Gasteiger partial charge on any atom is 0.330 e. The molecule has 35 heavy (non-hydrogen) atoms. The topological polar surface area (TPSA) is 67.8 Å². The average molecular weight is 484 g/mol. The van der Waals surface area contributed by atoms with E-state index in [1.807, 2.05) is 0 Å². The number of fused-ring (bicyclic) bond motifs is 1. The van der Waals surface area contributed by atoms with Crippen LogP contribution in [0.25, 0.3) is 6.08 Å². The van der Waals surface area contributed by atoms with Crippen LogP contribution in [-0.4, -0.2) is 42.5 Å². The Morgan fingerprint density at radius 1 is 1.23 bits per heavy atom. The third-order valence-electron chi connectivity index (χ3n) is 6.46. The van der Waals surface area contributed by atoms with Crippen molar-refractivity contribution in [2.75, 3.05) is 19.8 Å². The molecule has 0 bridgehead atoms. The van der Waals surface area contributed by atoms with Crippen LogP contribution in [0.2, 0.25) is 0 Å². The van der Waals surface area contributed by atoms with Crippen molar-refractivity contribution >= 4 is 12.0 Å². The highest BCUT2D eigenvalue weighted by molar-refractivity contribution is 5.87. The van der Waals surface area contributed by atoms with Crippen LogP contribution >= 0.6 is 0 Å². The molecule has 0 saturated heterocycles. The van der Waals surface area contributed by atoms with Crippen LogP contribution in [0, 0.1) is 11.7 Å². The molecule has 0 fully saturated rings. The monoisotopic (exact) mass is 483 g/mol. The second-order valence-electron chi connectivity index (χ2n) is 10.00. The van der Waals surface area contributed by atoms with Gasteiger partial charge in [-0.25, -0.2) is 9.18 Å². The molecular weight excluding hydrogens is 445 g/mol. The summed E-state index contributed by atoms with van der Waals surface area (Å²) >= 11 is 0. The Bertz CT molecular complexity index is 994. The van der Waals surface area contributed by atoms with Gasteiger partial charge in [-0.15, -0.1) is 0 Å². The van der Waals surface area contributed by atoms with E-state index in [9.17, 15) is 14.3 Å². The summed E-state index contributed by atoms with van der Waals surface area (Å²) in [6.07, 6.45) is 4.96. The molecule has 6 heteroatoms. The lowest BCUT2D eigenvalue weighted by Gasteiger charge is -2.31. The third-order valence-corrected chi connectivity index (χ3v) is 6.46. The van der Waals surface area contributed by atoms with Crippen LogP contribution in [0.4, 0.5) is 4.39 Å². The number of carbonyl (C=O) groups is 1. The van der Waals surface area contributed by atoms with Crippen LogP contribution in [0.15, 0.2) is 48.5 Å². The summed E-state index contributed by atoms with van der Waals surface area (Å²) in [5, 5.41) is 14.0. The Kier molecular flexibility index (Phi) is 9.61. The van der Waals surface area contributed by atoms with E-state index < -0.39 is 18.2 Å². The number of aliphatic hydroxyl groups excluding tert-OH is 1. The van der Waals surface area contributed by atoms with Crippen LogP contribution in [0.1, 0.15) is 62.5 Å². The van der Waals surface area contributed by atoms with Gasteiger partial charge in [-0.3, -0.25) is 0 Å². The Morgan fingerprint density at radius 3 is 2.57 bits per heavy atom. The molecule has 3 rings (SSSR count). The molecule has 2 atom stereocenters. The largest absolute Gasteiger partial charge is 0.463 e. The average Bonchev–Trinajstić information content (AvgIpc) is 3.22. The number of carbonyl (C=O) groups excluding carboxylic acids is 1. The summed E-state index contributed by atoms with van der Waals surface area (Å²) in [4.78, 5) is 11.6. The highest BCUT2D eigenvalue weighted by atomic mass is 19.1. The highest BCUT2D eigenvalue weighted by Gasteiger charge is 2.28. The number of halogens is 1. The Labute approximate surface area is 208 Å². The second kappa shape index (κ2) is 12.4. The number of nitrogens with one attached hydrogen (secondary N) is 1. The summed E-state index contributed by atoms with van der Waals surface area (Å²) in [5.74, 6) is -0.249. The van der Waals surface area contributed by atoms with Crippen LogP contribution < -0.4 is 5.32 Å². The lowest BCUT2D eigenvalue weighted by atomic mass is 9.88. The number of esters is 1. The molecule has 0 amide bonds. The number of benzene rings is 2. The predicted octanol–water partition coefficient (Wildman–Crippen LogP) is 5.01. The van der Waals surface area contributed by atoms with E-state index in [0.717, 1.165) is 19.3 Å². The van der Waals surface area contributed by atoms with E-state index in [1.165, 1.54) is 29.3 Å². The number of aliphatic hydroxyl groups is 1. The van der Waals surface area contributed by atoms with Gasteiger partial charge in [0.1, 0.15) is 5.82 Å². The fraction of sp³-hybridized carbons (Fsp3) is 0.483. The van der Waals surface area contributed by atoms with Crippen molar-refractivity contribution in [1.82, 2.24) is 5.32 Å². The molecule has 0 unspecified atom stereocenters. The fourth-order valence-electron chi connectivity index (χ4n) is 4.78. The minimum atomic E-state index is -0.704. The first kappa shape index (κ1) is 27.1. The van der Waals surface area contributed by atoms with Gasteiger partial charge in [0.25, 0.3) is 0 Å². The molecule has 5 nitrogen and oxygen atoms in total. The number of hydrogen-bond donors (Lipinski definition) is 2. The van der Waals surface area contributed by atoms with Crippen molar-refractivity contribution in [1.29, 1.82) is 0 Å². The smallest absolute Gasteiger partial charge is 0.330 e. The molecule has 2 aromatic rings. The molecule has 0 spiro atoms. The van der Waals surface area contributed by atoms with Gasteiger partial charge in [0.05, 0.1) is 25.4 Å². The summed E-state index contributed by atoms with van der Waals surface area (Å²) in [7, 11) is 0. The summed E-state index contributed by atoms with van der Waals surface area (Å²) in [6, 6.07) is 13.0. The molecule has 0 aromatic heterocycles. The van der Waals surface area contributed by atoms with Gasteiger partial charge in [-0.05, 0) is 93.3 Å². The van der Waals surface area contributed by atoms with Gasteiger partial charge in [0.2, 0.25) is 0 Å². The molecule has 2 aromatic carbocycles. The molecular formula is C29H38FNO4. The van der Waals surface area contributed by atoms with Crippen LogP contribution in [0.3, 0.4) is 0 Å². The number of β-amino-alcohol motifs (C(OH)–C–C–N with tert-alkyl or cyclic N) is 1. The first-order valence-corrected chi connectivity index (χ1v) is 12.4. The van der Waals surface area contributed by atoms with Crippen molar-refractivity contribution < 1.29 is 23.8 Å². The summed E-state index contributed by atoms with van der Waals surface area (Å²) in [6.45, 7) is 8.67. The Hall–Kier alpha value is -2.54. The quantitative estimate of drug-likeness (QED) is 0.328. The minimum Gasteiger partial charge on any atom is -0.463 e. The van der Waals surface area contributed by atoms with Gasteiger partial charge < -0.3 is 19.9 Å². The SMILES string of the molecule is CCOC(=O)C=Cc1ccc(F)cc1[C@@H](C)OC[C@H](O)CNC(C)(C)CC1Cc2ccccc2C1. The zero-order valence-electron chi connectivity index (χ0n) is 21.2. The van der Waals surface area contributed by atoms with Gasteiger partial charge in [0.15, 0.2) is 0 Å². The van der Waals surface area contributed by atoms with Crippen LogP contribution in [-0.2, 0) is 27.1 Å². The van der Waals surface area contributed by atoms with Gasteiger partial charge >= 0.3 is 5.97 Å². The lowest BCUT2D eigenvalue weighted by molar-refractivity contribution is -0.137. The van der Waals surface area contributed by atoms with Crippen molar-refractivity contribution in [3.63, 3.8) is 0 Å². The molecule has 1 aliphatic carbocycles. The molecule has 1 aliphatic rings. The first-order valence-electron chi connectivity index (χ1n) is 12.4. The van der Waals surface area contributed by atoms with E-state index in [-0.39, 0.29) is 24.6 Å². The lowest BCUT2D eigenvalue weighted by Crippen LogP contribution is -2.45. The summed E-state index contributed by atoms with van der Waals surface area (Å²) in [5.41, 5.74) is 4.05. The number of hydrogen-bond acceptors (Lipinski definition) is 5. The predicted molar refractivity (Wildman–Crippen MR) is 136 cm³/mol. The van der Waals surface area contributed by atoms with E-state index >= 15 is 0 Å². The zero-order valence-corrected chi connectivity index (χ0v) is 21.2. The normalized spacial score (nSPS) is 15.8. The van der Waals surface area contributed by atoms with E-state index in [4.69, 9.17) is 9.47 Å². The van der Waals surface area contributed by atoms with E-state index in [1.54, 1.807) is 26.0 Å². The minimum absolute atomic E-state index is 0.108. The maximum absolute atomic E-state index is 13.9. The number of ether oxygens (including phenoxy) is 2. The maximum atomic E-state index is 13.9. The molecule has 0 saturated carbocycles. The standard InChI is InChI=1S/C29H38FNO4/c1-5-34-28(33)13-11-22-10-12-25(30)16-27(22)20(2)35-19-26(32)18-31-29(3,4)17-21-14-23-8-6-7-9-24(23)15-21/h6-13,16,20-21,26,31-32H,5,14-15,17-19H2,1-4H3/t20-,26-/m1/s1. The number of rotatable bonds is 12. The van der Waals surface area contributed by atoms with Crippen molar-refractivity contribution in [2.24, 2.45) is 5.92 Å². The van der Waals surface area contributed by atoms with Crippen molar-refractivity contribution in [3.8, 4) is 0 Å². The van der Waals surface area contributed by atoms with Crippen molar-refractivity contribution in [3.05, 3.63) is 76.6 Å². The molecule has 0 aliphatic heterocycles. The molecule has 0 heterocycles. The molecule has 0 radical (unpaired) electrons. The highest BCUT2D eigenvalue weighted by Crippen LogP contribution is 2.32. The Balaban J connectivity index is 1.48. The summed E-state index contributed by atoms with van der Waals surface area (Å²) < 4.78 is 24.7. The van der Waals surface area contributed by atoms with Crippen molar-refractivity contribution in [2.45, 2.75) is 64.7 Å². The fourth-order valence-corrected chi connectivity index (χ4v) is 4.78. The van der Waals surface area contributed by atoms with Crippen LogP contribution in [0.5, 0.6) is 0 Å². The molecule has 2 N–H and O–H groups in total. The zero-order chi connectivity index (χ0) is 25.4.